The van der Waals surface area contributed by atoms with Gasteiger partial charge in [0.15, 0.2) is 0 Å². The number of benzene rings is 1. The fraction of sp³-hybridized carbons (Fsp3) is 0.579. The third-order valence-corrected chi connectivity index (χ3v) is 5.06. The van der Waals surface area contributed by atoms with Crippen LogP contribution in [0.25, 0.3) is 0 Å². The molecule has 1 amide bonds. The number of carbonyl (C=O) groups excluding carboxylic acids is 1. The number of carboxylic acid groups (broad SMARTS) is 1. The largest absolute Gasteiger partial charge is 0.481 e. The average Bonchev–Trinajstić information content (AvgIpc) is 2.59. The normalized spacial score (nSPS) is 19.4. The van der Waals surface area contributed by atoms with Gasteiger partial charge in [0.05, 0.1) is 12.6 Å². The number of likely N-dealkylation sites (N-methyl/N-ethyl adjacent to an activating group) is 1. The first kappa shape index (κ1) is 19.4. The maximum Gasteiger partial charge on any atom is 0.303 e. The number of aliphatic carboxylic acids is 1. The van der Waals surface area contributed by atoms with Crippen molar-refractivity contribution in [1.82, 2.24) is 9.80 Å². The summed E-state index contributed by atoms with van der Waals surface area (Å²) in [5.74, 6) is -0.681. The molecule has 0 aliphatic carbocycles. The Hall–Kier alpha value is -1.95. The summed E-state index contributed by atoms with van der Waals surface area (Å²) >= 11 is 0. The van der Waals surface area contributed by atoms with E-state index in [1.807, 2.05) is 6.92 Å². The maximum atomic E-state index is 13.0. The molecule has 0 spiro atoms. The van der Waals surface area contributed by atoms with Crippen LogP contribution in [0.5, 0.6) is 0 Å². The van der Waals surface area contributed by atoms with E-state index >= 15 is 0 Å². The van der Waals surface area contributed by atoms with Crippen molar-refractivity contribution in [1.29, 1.82) is 0 Å². The SMILES string of the molecule is CC(c1ccc(F)cc1)N(C)C(=O)CN1CCCC(CCC(=O)O)C1. The van der Waals surface area contributed by atoms with Gasteiger partial charge in [0, 0.05) is 20.0 Å². The Morgan fingerprint density at radius 1 is 1.36 bits per heavy atom. The zero-order chi connectivity index (χ0) is 18.4. The van der Waals surface area contributed by atoms with Gasteiger partial charge >= 0.3 is 5.97 Å². The Bertz CT molecular complexity index is 591. The van der Waals surface area contributed by atoms with Gasteiger partial charge in [-0.15, -0.1) is 0 Å². The molecule has 0 radical (unpaired) electrons. The van der Waals surface area contributed by atoms with Gasteiger partial charge in [-0.05, 0) is 56.3 Å². The highest BCUT2D eigenvalue weighted by atomic mass is 19.1. The minimum atomic E-state index is -0.763. The van der Waals surface area contributed by atoms with Gasteiger partial charge < -0.3 is 10.0 Å². The fourth-order valence-corrected chi connectivity index (χ4v) is 3.34. The average molecular weight is 350 g/mol. The van der Waals surface area contributed by atoms with Crippen molar-refractivity contribution in [2.45, 2.75) is 38.6 Å². The topological polar surface area (TPSA) is 60.9 Å². The number of hydrogen-bond donors (Lipinski definition) is 1. The molecule has 0 bridgehead atoms. The van der Waals surface area contributed by atoms with Crippen molar-refractivity contribution in [2.24, 2.45) is 5.92 Å². The third kappa shape index (κ3) is 5.81. The monoisotopic (exact) mass is 350 g/mol. The van der Waals surface area contributed by atoms with Gasteiger partial charge in [0.25, 0.3) is 0 Å². The number of likely N-dealkylation sites (tertiary alicyclic amines) is 1. The van der Waals surface area contributed by atoms with E-state index in [1.165, 1.54) is 12.1 Å². The van der Waals surface area contributed by atoms with Crippen LogP contribution >= 0.6 is 0 Å². The van der Waals surface area contributed by atoms with E-state index in [2.05, 4.69) is 4.90 Å². The summed E-state index contributed by atoms with van der Waals surface area (Å²) in [4.78, 5) is 27.1. The lowest BCUT2D eigenvalue weighted by Crippen LogP contribution is -2.43. The molecule has 1 aliphatic heterocycles. The molecule has 138 valence electrons. The van der Waals surface area contributed by atoms with Crippen molar-refractivity contribution >= 4 is 11.9 Å². The first-order valence-electron chi connectivity index (χ1n) is 8.82. The standard InChI is InChI=1S/C19H27FN2O3/c1-14(16-6-8-17(20)9-7-16)21(2)18(23)13-22-11-3-4-15(12-22)5-10-19(24)25/h6-9,14-15H,3-5,10-13H2,1-2H3,(H,24,25). The smallest absolute Gasteiger partial charge is 0.303 e. The Morgan fingerprint density at radius 3 is 2.68 bits per heavy atom. The van der Waals surface area contributed by atoms with Crippen LogP contribution in [0.15, 0.2) is 24.3 Å². The van der Waals surface area contributed by atoms with Crippen LogP contribution in [0.2, 0.25) is 0 Å². The molecular weight excluding hydrogens is 323 g/mol. The molecule has 0 aromatic heterocycles. The second kappa shape index (κ2) is 8.94. The lowest BCUT2D eigenvalue weighted by atomic mass is 9.93. The number of carboxylic acids is 1. The van der Waals surface area contributed by atoms with Crippen molar-refractivity contribution in [2.75, 3.05) is 26.7 Å². The van der Waals surface area contributed by atoms with E-state index < -0.39 is 5.97 Å². The lowest BCUT2D eigenvalue weighted by molar-refractivity contribution is -0.138. The Kier molecular flexibility index (Phi) is 6.93. The van der Waals surface area contributed by atoms with Crippen LogP contribution in [0.4, 0.5) is 4.39 Å². The number of amides is 1. The molecule has 1 aromatic rings. The molecule has 6 heteroatoms. The van der Waals surface area contributed by atoms with E-state index in [0.29, 0.717) is 18.9 Å². The lowest BCUT2D eigenvalue weighted by Gasteiger charge is -2.34. The molecule has 0 saturated carbocycles. The fourth-order valence-electron chi connectivity index (χ4n) is 3.34. The highest BCUT2D eigenvalue weighted by Gasteiger charge is 2.25. The van der Waals surface area contributed by atoms with E-state index in [-0.39, 0.29) is 24.2 Å². The molecule has 1 fully saturated rings. The van der Waals surface area contributed by atoms with Crippen LogP contribution in [0, 0.1) is 11.7 Å². The quantitative estimate of drug-likeness (QED) is 0.821. The van der Waals surface area contributed by atoms with Crippen LogP contribution in [0.1, 0.15) is 44.2 Å². The molecule has 2 rings (SSSR count). The van der Waals surface area contributed by atoms with Gasteiger partial charge in [0.1, 0.15) is 5.82 Å². The molecular formula is C19H27FN2O3. The van der Waals surface area contributed by atoms with E-state index in [1.54, 1.807) is 24.1 Å². The number of halogens is 1. The Balaban J connectivity index is 1.87. The minimum absolute atomic E-state index is 0.0238. The van der Waals surface area contributed by atoms with Crippen molar-refractivity contribution in [3.63, 3.8) is 0 Å². The summed E-state index contributed by atoms with van der Waals surface area (Å²) in [7, 11) is 1.77. The predicted octanol–water partition coefficient (Wildman–Crippen LogP) is 2.92. The summed E-state index contributed by atoms with van der Waals surface area (Å²) in [6, 6.07) is 6.09. The van der Waals surface area contributed by atoms with E-state index in [4.69, 9.17) is 5.11 Å². The second-order valence-corrected chi connectivity index (χ2v) is 6.91. The van der Waals surface area contributed by atoms with Gasteiger partial charge in [-0.3, -0.25) is 14.5 Å². The van der Waals surface area contributed by atoms with Crippen molar-refractivity contribution in [3.8, 4) is 0 Å². The van der Waals surface area contributed by atoms with Crippen LogP contribution < -0.4 is 0 Å². The zero-order valence-corrected chi connectivity index (χ0v) is 14.9. The first-order chi connectivity index (χ1) is 11.9. The molecule has 1 N–H and O–H groups in total. The highest BCUT2D eigenvalue weighted by molar-refractivity contribution is 5.78. The molecule has 1 heterocycles. The second-order valence-electron chi connectivity index (χ2n) is 6.91. The van der Waals surface area contributed by atoms with Crippen molar-refractivity contribution < 1.29 is 19.1 Å². The summed E-state index contributed by atoms with van der Waals surface area (Å²) in [6.07, 6.45) is 2.88. The molecule has 25 heavy (non-hydrogen) atoms. The summed E-state index contributed by atoms with van der Waals surface area (Å²) in [5, 5.41) is 8.82. The van der Waals surface area contributed by atoms with Crippen LogP contribution in [-0.4, -0.2) is 53.5 Å². The molecule has 1 saturated heterocycles. The summed E-state index contributed by atoms with van der Waals surface area (Å²) in [6.45, 7) is 3.91. The van der Waals surface area contributed by atoms with Gasteiger partial charge in [-0.1, -0.05) is 12.1 Å². The Morgan fingerprint density at radius 2 is 2.04 bits per heavy atom. The van der Waals surface area contributed by atoms with Gasteiger partial charge in [0.2, 0.25) is 5.91 Å². The number of carbonyl (C=O) groups is 2. The number of hydrogen-bond acceptors (Lipinski definition) is 3. The molecule has 5 nitrogen and oxygen atoms in total. The van der Waals surface area contributed by atoms with Gasteiger partial charge in [-0.25, -0.2) is 4.39 Å². The zero-order valence-electron chi connectivity index (χ0n) is 14.9. The number of piperidine rings is 1. The first-order valence-corrected chi connectivity index (χ1v) is 8.82. The highest BCUT2D eigenvalue weighted by Crippen LogP contribution is 2.22. The Labute approximate surface area is 148 Å². The predicted molar refractivity (Wildman–Crippen MR) is 93.6 cm³/mol. The van der Waals surface area contributed by atoms with Crippen molar-refractivity contribution in [3.05, 3.63) is 35.6 Å². The van der Waals surface area contributed by atoms with E-state index in [9.17, 15) is 14.0 Å². The molecule has 2 unspecified atom stereocenters. The van der Waals surface area contributed by atoms with E-state index in [0.717, 1.165) is 31.5 Å². The summed E-state index contributed by atoms with van der Waals surface area (Å²) in [5.41, 5.74) is 0.898. The van der Waals surface area contributed by atoms with Crippen LogP contribution in [0.3, 0.4) is 0 Å². The minimum Gasteiger partial charge on any atom is -0.481 e. The summed E-state index contributed by atoms with van der Waals surface area (Å²) < 4.78 is 13.0. The van der Waals surface area contributed by atoms with Crippen LogP contribution in [-0.2, 0) is 9.59 Å². The molecule has 1 aliphatic rings. The number of rotatable bonds is 7. The number of nitrogens with zero attached hydrogens (tertiary/aromatic N) is 2. The maximum absolute atomic E-state index is 13.0. The molecule has 1 aromatic carbocycles. The van der Waals surface area contributed by atoms with Gasteiger partial charge in [-0.2, -0.15) is 0 Å². The molecule has 2 atom stereocenters. The third-order valence-electron chi connectivity index (χ3n) is 5.06.